The molecule has 0 radical (unpaired) electrons. The first-order valence-corrected chi connectivity index (χ1v) is 11.5. The maximum absolute atomic E-state index is 13.0. The summed E-state index contributed by atoms with van der Waals surface area (Å²) in [5.74, 6) is -1.08. The van der Waals surface area contributed by atoms with Crippen molar-refractivity contribution in [1.29, 1.82) is 0 Å². The number of aromatic nitrogens is 2. The maximum atomic E-state index is 13.0. The summed E-state index contributed by atoms with van der Waals surface area (Å²) < 4.78 is 7.36. The van der Waals surface area contributed by atoms with Gasteiger partial charge in [0.1, 0.15) is 11.5 Å². The van der Waals surface area contributed by atoms with E-state index in [1.807, 2.05) is 35.2 Å². The average Bonchev–Trinajstić information content (AvgIpc) is 3.53. The number of benzene rings is 1. The molecule has 32 heavy (non-hydrogen) atoms. The zero-order valence-electron chi connectivity index (χ0n) is 17.4. The van der Waals surface area contributed by atoms with Crippen molar-refractivity contribution in [3.63, 3.8) is 0 Å². The lowest BCUT2D eigenvalue weighted by Crippen LogP contribution is -2.31. The molecule has 1 N–H and O–H groups in total. The molecule has 166 valence electrons. The van der Waals surface area contributed by atoms with Gasteiger partial charge in [0.05, 0.1) is 29.6 Å². The summed E-state index contributed by atoms with van der Waals surface area (Å²) in [6, 6.07) is 7.89. The smallest absolute Gasteiger partial charge is 0.295 e. The zero-order chi connectivity index (χ0) is 22.7. The topological polar surface area (TPSA) is 84.7 Å². The molecule has 9 heteroatoms. The highest BCUT2D eigenvalue weighted by atomic mass is 35.5. The number of carbonyl (C=O) groups excluding carboxylic acids is 2. The number of carbonyl (C=O) groups is 2. The summed E-state index contributed by atoms with van der Waals surface area (Å²) in [5.41, 5.74) is 0.428. The highest BCUT2D eigenvalue weighted by molar-refractivity contribution is 7.10. The predicted molar refractivity (Wildman–Crippen MR) is 123 cm³/mol. The van der Waals surface area contributed by atoms with Crippen LogP contribution in [0.2, 0.25) is 5.02 Å². The Morgan fingerprint density at radius 3 is 2.78 bits per heavy atom. The Bertz CT molecular complexity index is 1140. The molecule has 1 fully saturated rings. The highest BCUT2D eigenvalue weighted by Crippen LogP contribution is 2.41. The Morgan fingerprint density at radius 1 is 1.28 bits per heavy atom. The first kappa shape index (κ1) is 22.1. The second-order valence-electron chi connectivity index (χ2n) is 7.24. The number of nitrogens with zero attached hydrogens (tertiary/aromatic N) is 3. The van der Waals surface area contributed by atoms with Crippen LogP contribution < -0.4 is 4.74 Å². The Morgan fingerprint density at radius 2 is 2.12 bits per heavy atom. The molecule has 1 atom stereocenters. The van der Waals surface area contributed by atoms with Gasteiger partial charge in [-0.05, 0) is 43.0 Å². The van der Waals surface area contributed by atoms with Gasteiger partial charge in [-0.2, -0.15) is 0 Å². The van der Waals surface area contributed by atoms with Crippen molar-refractivity contribution in [2.45, 2.75) is 25.9 Å². The monoisotopic (exact) mass is 471 g/mol. The van der Waals surface area contributed by atoms with Crippen LogP contribution in [-0.2, 0) is 16.1 Å². The molecule has 1 saturated heterocycles. The van der Waals surface area contributed by atoms with E-state index < -0.39 is 17.7 Å². The van der Waals surface area contributed by atoms with Crippen LogP contribution in [-0.4, -0.2) is 44.4 Å². The Balaban J connectivity index is 1.68. The minimum absolute atomic E-state index is 0.0697. The van der Waals surface area contributed by atoms with Gasteiger partial charge in [0.15, 0.2) is 0 Å². The predicted octanol–water partition coefficient (Wildman–Crippen LogP) is 4.51. The molecular formula is C23H22ClN3O4S. The van der Waals surface area contributed by atoms with Crippen LogP contribution in [0.25, 0.3) is 5.76 Å². The number of aryl methyl sites for hydroxylation is 1. The molecule has 1 aromatic carbocycles. The van der Waals surface area contributed by atoms with Gasteiger partial charge in [0.25, 0.3) is 11.7 Å². The molecule has 2 aromatic heterocycles. The minimum Gasteiger partial charge on any atom is -0.507 e. The molecule has 7 nitrogen and oxygen atoms in total. The van der Waals surface area contributed by atoms with E-state index in [4.69, 9.17) is 16.3 Å². The molecule has 0 bridgehead atoms. The normalized spacial score (nSPS) is 17.8. The van der Waals surface area contributed by atoms with Crippen molar-refractivity contribution in [2.75, 3.05) is 13.2 Å². The lowest BCUT2D eigenvalue weighted by molar-refractivity contribution is -0.139. The number of hydrogen-bond donors (Lipinski definition) is 1. The van der Waals surface area contributed by atoms with Crippen LogP contribution in [0.1, 0.15) is 29.8 Å². The first-order chi connectivity index (χ1) is 15.5. The van der Waals surface area contributed by atoms with Gasteiger partial charge < -0.3 is 19.3 Å². The number of thiophene rings is 1. The third-order valence-corrected chi connectivity index (χ3v) is 6.45. The van der Waals surface area contributed by atoms with E-state index in [-0.39, 0.29) is 11.3 Å². The van der Waals surface area contributed by atoms with Gasteiger partial charge in [0.2, 0.25) is 0 Å². The summed E-state index contributed by atoms with van der Waals surface area (Å²) >= 11 is 7.71. The summed E-state index contributed by atoms with van der Waals surface area (Å²) in [6.45, 7) is 3.33. The average molecular weight is 472 g/mol. The first-order valence-electron chi connectivity index (χ1n) is 10.2. The third kappa shape index (κ3) is 4.28. The van der Waals surface area contributed by atoms with Crippen molar-refractivity contribution >= 4 is 40.4 Å². The van der Waals surface area contributed by atoms with Gasteiger partial charge in [0, 0.05) is 35.9 Å². The lowest BCUT2D eigenvalue weighted by Gasteiger charge is -2.24. The van der Waals surface area contributed by atoms with Crippen molar-refractivity contribution < 1.29 is 19.4 Å². The van der Waals surface area contributed by atoms with Crippen molar-refractivity contribution in [1.82, 2.24) is 14.5 Å². The van der Waals surface area contributed by atoms with E-state index in [0.29, 0.717) is 42.5 Å². The number of amides is 1. The molecule has 4 rings (SSSR count). The number of aliphatic hydroxyl groups is 1. The van der Waals surface area contributed by atoms with Gasteiger partial charge >= 0.3 is 0 Å². The summed E-state index contributed by atoms with van der Waals surface area (Å²) in [4.78, 5) is 32.3. The molecular weight excluding hydrogens is 450 g/mol. The fraction of sp³-hybridized carbons (Fsp3) is 0.261. The summed E-state index contributed by atoms with van der Waals surface area (Å²) in [7, 11) is 0. The number of Topliss-reactive ketones (excluding diaryl/α,β-unsaturated/α-hetero) is 1. The third-order valence-electron chi connectivity index (χ3n) is 5.23. The molecule has 3 aromatic rings. The fourth-order valence-corrected chi connectivity index (χ4v) is 4.85. The van der Waals surface area contributed by atoms with Crippen LogP contribution in [0.15, 0.2) is 60.0 Å². The summed E-state index contributed by atoms with van der Waals surface area (Å²) in [5, 5.41) is 13.3. The zero-order valence-corrected chi connectivity index (χ0v) is 19.0. The van der Waals surface area contributed by atoms with E-state index in [2.05, 4.69) is 4.98 Å². The number of ether oxygens (including phenoxy) is 1. The van der Waals surface area contributed by atoms with Crippen molar-refractivity contribution in [3.05, 3.63) is 75.5 Å². The van der Waals surface area contributed by atoms with Crippen molar-refractivity contribution in [2.24, 2.45) is 0 Å². The van der Waals surface area contributed by atoms with Gasteiger partial charge in [-0.15, -0.1) is 11.3 Å². The quantitative estimate of drug-likeness (QED) is 0.297. The molecule has 1 aliphatic heterocycles. The SMILES string of the molecule is CCOc1ccc(C(O)=C2C(=O)C(=O)N(CCCn3ccnc3)C2c2cccs2)cc1Cl. The number of halogens is 1. The Labute approximate surface area is 194 Å². The number of imidazole rings is 1. The second kappa shape index (κ2) is 9.58. The van der Waals surface area contributed by atoms with Gasteiger partial charge in [-0.1, -0.05) is 17.7 Å². The van der Waals surface area contributed by atoms with E-state index >= 15 is 0 Å². The second-order valence-corrected chi connectivity index (χ2v) is 8.63. The fourth-order valence-electron chi connectivity index (χ4n) is 3.77. The van der Waals surface area contributed by atoms with Gasteiger partial charge in [-0.25, -0.2) is 4.98 Å². The minimum atomic E-state index is -0.700. The maximum Gasteiger partial charge on any atom is 0.295 e. The van der Waals surface area contributed by atoms with Crippen LogP contribution in [0.3, 0.4) is 0 Å². The standard InChI is InChI=1S/C23H22ClN3O4S/c1-2-31-17-7-6-15(13-16(17)24)21(28)19-20(18-5-3-12-32-18)27(23(30)22(19)29)10-4-9-26-11-8-25-14-26/h3,5-8,11-14,20,28H,2,4,9-10H2,1H3. The van der Waals surface area contributed by atoms with Gasteiger partial charge in [-0.3, -0.25) is 9.59 Å². The molecule has 0 spiro atoms. The van der Waals surface area contributed by atoms with Crippen molar-refractivity contribution in [3.8, 4) is 5.75 Å². The Kier molecular flexibility index (Phi) is 6.62. The van der Waals surface area contributed by atoms with Crippen LogP contribution in [0.5, 0.6) is 5.75 Å². The number of aliphatic hydroxyl groups excluding tert-OH is 1. The number of likely N-dealkylation sites (tertiary alicyclic amines) is 1. The molecule has 0 aliphatic carbocycles. The Hall–Kier alpha value is -3.10. The van der Waals surface area contributed by atoms with E-state index in [0.717, 1.165) is 4.88 Å². The van der Waals surface area contributed by atoms with Crippen LogP contribution in [0, 0.1) is 0 Å². The number of ketones is 1. The largest absolute Gasteiger partial charge is 0.507 e. The molecule has 3 heterocycles. The molecule has 0 saturated carbocycles. The molecule has 1 aliphatic rings. The summed E-state index contributed by atoms with van der Waals surface area (Å²) in [6.07, 6.45) is 5.89. The molecule has 1 unspecified atom stereocenters. The van der Waals surface area contributed by atoms with E-state index in [1.54, 1.807) is 30.7 Å². The van der Waals surface area contributed by atoms with Crippen LogP contribution >= 0.6 is 22.9 Å². The lowest BCUT2D eigenvalue weighted by atomic mass is 9.99. The highest BCUT2D eigenvalue weighted by Gasteiger charge is 2.46. The number of hydrogen-bond acceptors (Lipinski definition) is 6. The van der Waals surface area contributed by atoms with E-state index in [9.17, 15) is 14.7 Å². The van der Waals surface area contributed by atoms with E-state index in [1.165, 1.54) is 16.2 Å². The molecule has 1 amide bonds. The number of rotatable bonds is 8. The van der Waals surface area contributed by atoms with Crippen LogP contribution in [0.4, 0.5) is 0 Å².